The number of rotatable bonds is 4. The van der Waals surface area contributed by atoms with Gasteiger partial charge >= 0.3 is 5.97 Å². The molecule has 2 aromatic rings. The van der Waals surface area contributed by atoms with Crippen molar-refractivity contribution in [1.82, 2.24) is 4.90 Å². The summed E-state index contributed by atoms with van der Waals surface area (Å²) in [6.07, 6.45) is 0.313. The summed E-state index contributed by atoms with van der Waals surface area (Å²) < 4.78 is 5.70. The highest BCUT2D eigenvalue weighted by atomic mass is 16.5. The van der Waals surface area contributed by atoms with Crippen molar-refractivity contribution in [3.05, 3.63) is 59.7 Å². The molecule has 0 aliphatic carbocycles. The molecule has 1 saturated heterocycles. The summed E-state index contributed by atoms with van der Waals surface area (Å²) in [5.41, 5.74) is 0.983. The van der Waals surface area contributed by atoms with E-state index in [2.05, 4.69) is 5.32 Å². The van der Waals surface area contributed by atoms with Crippen LogP contribution >= 0.6 is 0 Å². The van der Waals surface area contributed by atoms with Crippen LogP contribution in [0.2, 0.25) is 0 Å². The van der Waals surface area contributed by atoms with Crippen LogP contribution in [0.5, 0.6) is 5.75 Å². The molecule has 150 valence electrons. The van der Waals surface area contributed by atoms with Gasteiger partial charge in [0, 0.05) is 30.8 Å². The highest BCUT2D eigenvalue weighted by molar-refractivity contribution is 5.99. The minimum Gasteiger partial charge on any atom is -0.481 e. The SMILES string of the molecule is CC1(C(=O)O)CCN(C(=O)c2cccc(NC(=O)C3Cc4ccccc4O3)c2)C1. The Bertz CT molecular complexity index is 964. The zero-order valence-electron chi connectivity index (χ0n) is 16.1. The highest BCUT2D eigenvalue weighted by Crippen LogP contribution is 2.31. The van der Waals surface area contributed by atoms with Gasteiger partial charge in [-0.25, -0.2) is 0 Å². The van der Waals surface area contributed by atoms with Crippen molar-refractivity contribution in [1.29, 1.82) is 0 Å². The maximum Gasteiger partial charge on any atom is 0.311 e. The number of aliphatic carboxylic acids is 1. The van der Waals surface area contributed by atoms with Crippen LogP contribution in [0.1, 0.15) is 29.3 Å². The number of carbonyl (C=O) groups is 3. The van der Waals surface area contributed by atoms with Crippen molar-refractivity contribution >= 4 is 23.5 Å². The molecule has 0 spiro atoms. The summed E-state index contributed by atoms with van der Waals surface area (Å²) in [7, 11) is 0. The molecule has 0 aromatic heterocycles. The van der Waals surface area contributed by atoms with Gasteiger partial charge in [0.25, 0.3) is 11.8 Å². The molecule has 2 heterocycles. The summed E-state index contributed by atoms with van der Waals surface area (Å²) in [6, 6.07) is 14.2. The van der Waals surface area contributed by atoms with Crippen LogP contribution < -0.4 is 10.1 Å². The van der Waals surface area contributed by atoms with E-state index in [0.29, 0.717) is 36.4 Å². The van der Waals surface area contributed by atoms with Gasteiger partial charge in [-0.15, -0.1) is 0 Å². The van der Waals surface area contributed by atoms with Crippen LogP contribution in [0, 0.1) is 5.41 Å². The van der Waals surface area contributed by atoms with Crippen molar-refractivity contribution < 1.29 is 24.2 Å². The summed E-state index contributed by atoms with van der Waals surface area (Å²) in [5.74, 6) is -0.695. The maximum absolute atomic E-state index is 12.8. The molecular weight excluding hydrogens is 372 g/mol. The van der Waals surface area contributed by atoms with Crippen molar-refractivity contribution in [3.63, 3.8) is 0 Å². The van der Waals surface area contributed by atoms with Crippen LogP contribution in [-0.4, -0.2) is 47.0 Å². The van der Waals surface area contributed by atoms with Gasteiger partial charge in [-0.2, -0.15) is 0 Å². The lowest BCUT2D eigenvalue weighted by atomic mass is 9.90. The maximum atomic E-state index is 12.8. The van der Waals surface area contributed by atoms with Gasteiger partial charge in [-0.1, -0.05) is 24.3 Å². The number of hydrogen-bond donors (Lipinski definition) is 2. The Balaban J connectivity index is 1.42. The lowest BCUT2D eigenvalue weighted by molar-refractivity contribution is -0.147. The summed E-state index contributed by atoms with van der Waals surface area (Å²) >= 11 is 0. The quantitative estimate of drug-likeness (QED) is 0.831. The number of carboxylic acid groups (broad SMARTS) is 1. The molecule has 2 aliphatic rings. The molecule has 2 amide bonds. The first-order valence-electron chi connectivity index (χ1n) is 9.54. The fraction of sp³-hybridized carbons (Fsp3) is 0.318. The van der Waals surface area contributed by atoms with Gasteiger partial charge in [0.2, 0.25) is 0 Å². The Morgan fingerprint density at radius 1 is 1.17 bits per heavy atom. The minimum atomic E-state index is -0.920. The van der Waals surface area contributed by atoms with E-state index in [1.165, 1.54) is 0 Å². The fourth-order valence-electron chi connectivity index (χ4n) is 3.77. The Kier molecular flexibility index (Phi) is 4.74. The monoisotopic (exact) mass is 394 g/mol. The van der Waals surface area contributed by atoms with Gasteiger partial charge in [0.1, 0.15) is 5.75 Å². The van der Waals surface area contributed by atoms with Gasteiger partial charge < -0.3 is 20.1 Å². The largest absolute Gasteiger partial charge is 0.481 e. The Hall–Kier alpha value is -3.35. The number of anilines is 1. The number of hydrogen-bond acceptors (Lipinski definition) is 4. The summed E-state index contributed by atoms with van der Waals surface area (Å²) in [4.78, 5) is 38.3. The molecule has 2 aromatic carbocycles. The predicted molar refractivity (Wildman–Crippen MR) is 106 cm³/mol. The van der Waals surface area contributed by atoms with Gasteiger partial charge in [0.05, 0.1) is 5.41 Å². The number of fused-ring (bicyclic) bond motifs is 1. The predicted octanol–water partition coefficient (Wildman–Crippen LogP) is 2.57. The number of nitrogens with zero attached hydrogens (tertiary/aromatic N) is 1. The van der Waals surface area contributed by atoms with E-state index in [9.17, 15) is 19.5 Å². The average Bonchev–Trinajstić information content (AvgIpc) is 3.32. The van der Waals surface area contributed by atoms with Crippen molar-refractivity contribution in [3.8, 4) is 5.75 Å². The third-order valence-corrected chi connectivity index (χ3v) is 5.59. The summed E-state index contributed by atoms with van der Waals surface area (Å²) in [6.45, 7) is 2.22. The molecule has 1 fully saturated rings. The Morgan fingerprint density at radius 3 is 2.69 bits per heavy atom. The van der Waals surface area contributed by atoms with Crippen LogP contribution in [-0.2, 0) is 16.0 Å². The number of ether oxygens (including phenoxy) is 1. The molecule has 2 aliphatic heterocycles. The first kappa shape index (κ1) is 19.0. The van der Waals surface area contributed by atoms with E-state index in [-0.39, 0.29) is 18.4 Å². The van der Waals surface area contributed by atoms with E-state index in [0.717, 1.165) is 5.56 Å². The van der Waals surface area contributed by atoms with Crippen LogP contribution in [0.15, 0.2) is 48.5 Å². The smallest absolute Gasteiger partial charge is 0.311 e. The molecule has 4 rings (SSSR count). The van der Waals surface area contributed by atoms with E-state index >= 15 is 0 Å². The topological polar surface area (TPSA) is 95.9 Å². The number of nitrogens with one attached hydrogen (secondary N) is 1. The fourth-order valence-corrected chi connectivity index (χ4v) is 3.77. The molecule has 7 nitrogen and oxygen atoms in total. The van der Waals surface area contributed by atoms with Crippen molar-refractivity contribution in [2.45, 2.75) is 25.9 Å². The zero-order chi connectivity index (χ0) is 20.6. The van der Waals surface area contributed by atoms with Gasteiger partial charge in [-0.05, 0) is 43.2 Å². The van der Waals surface area contributed by atoms with Gasteiger partial charge in [-0.3, -0.25) is 14.4 Å². The third-order valence-electron chi connectivity index (χ3n) is 5.59. The van der Waals surface area contributed by atoms with Gasteiger partial charge in [0.15, 0.2) is 6.10 Å². The Labute approximate surface area is 168 Å². The standard InChI is InChI=1S/C22H22N2O5/c1-22(21(27)28)9-10-24(13-22)20(26)15-6-4-7-16(11-15)23-19(25)18-12-14-5-2-3-8-17(14)29-18/h2-8,11,18H,9-10,12-13H2,1H3,(H,23,25)(H,27,28). The minimum absolute atomic E-state index is 0.173. The second kappa shape index (κ2) is 7.24. The molecule has 2 N–H and O–H groups in total. The number of benzene rings is 2. The van der Waals surface area contributed by atoms with E-state index in [4.69, 9.17) is 4.74 Å². The average molecular weight is 394 g/mol. The third kappa shape index (κ3) is 3.68. The normalized spacial score (nSPS) is 22.7. The molecule has 7 heteroatoms. The molecular formula is C22H22N2O5. The van der Waals surface area contributed by atoms with E-state index in [1.54, 1.807) is 36.1 Å². The first-order valence-corrected chi connectivity index (χ1v) is 9.54. The molecule has 0 saturated carbocycles. The highest BCUT2D eigenvalue weighted by Gasteiger charge is 2.42. The van der Waals surface area contributed by atoms with Crippen molar-refractivity contribution in [2.75, 3.05) is 18.4 Å². The first-order chi connectivity index (χ1) is 13.9. The molecule has 0 radical (unpaired) electrons. The lowest BCUT2D eigenvalue weighted by Gasteiger charge is -2.20. The molecule has 2 unspecified atom stereocenters. The summed E-state index contributed by atoms with van der Waals surface area (Å²) in [5, 5.41) is 12.2. The Morgan fingerprint density at radius 2 is 1.97 bits per heavy atom. The lowest BCUT2D eigenvalue weighted by Crippen LogP contribution is -2.35. The van der Waals surface area contributed by atoms with Crippen LogP contribution in [0.4, 0.5) is 5.69 Å². The second-order valence-electron chi connectivity index (χ2n) is 7.83. The van der Waals surface area contributed by atoms with Crippen molar-refractivity contribution in [2.24, 2.45) is 5.41 Å². The number of para-hydroxylation sites is 1. The number of carbonyl (C=O) groups excluding carboxylic acids is 2. The van der Waals surface area contributed by atoms with Crippen LogP contribution in [0.3, 0.4) is 0 Å². The second-order valence-corrected chi connectivity index (χ2v) is 7.83. The number of carboxylic acids is 1. The molecule has 29 heavy (non-hydrogen) atoms. The number of likely N-dealkylation sites (tertiary alicyclic amines) is 1. The number of amides is 2. The van der Waals surface area contributed by atoms with E-state index < -0.39 is 17.5 Å². The molecule has 2 atom stereocenters. The molecule has 0 bridgehead atoms. The zero-order valence-corrected chi connectivity index (χ0v) is 16.1. The van der Waals surface area contributed by atoms with Crippen LogP contribution in [0.25, 0.3) is 0 Å². The van der Waals surface area contributed by atoms with E-state index in [1.807, 2.05) is 24.3 Å².